The normalized spacial score (nSPS) is 13.6. The Balaban J connectivity index is 1.63. The van der Waals surface area contributed by atoms with Gasteiger partial charge < -0.3 is 10.2 Å². The number of likely N-dealkylation sites (N-methyl/N-ethyl adjacent to an activating group) is 1. The standard InChI is InChI=1S/C18H18ClN3OS/c1-12(18-21-15-5-3-4-6-16(15)24-18)22(2)11-17(23)20-14-9-7-13(19)8-10-14/h3-10,12H,11H2,1-2H3,(H,20,23)/p+1/t12-/m1/s1. The predicted molar refractivity (Wildman–Crippen MR) is 99.9 cm³/mol. The fraction of sp³-hybridized carbons (Fsp3) is 0.222. The number of amides is 1. The van der Waals surface area contributed by atoms with Gasteiger partial charge in [0.15, 0.2) is 11.6 Å². The molecule has 0 saturated heterocycles. The summed E-state index contributed by atoms with van der Waals surface area (Å²) in [5.74, 6) is -0.0252. The number of hydrogen-bond acceptors (Lipinski definition) is 3. The number of hydrogen-bond donors (Lipinski definition) is 2. The lowest BCUT2D eigenvalue weighted by molar-refractivity contribution is -0.902. The average Bonchev–Trinajstić information content (AvgIpc) is 3.00. The molecule has 1 aromatic heterocycles. The first-order valence-corrected chi connectivity index (χ1v) is 8.95. The Hall–Kier alpha value is -1.95. The van der Waals surface area contributed by atoms with E-state index in [1.165, 1.54) is 4.70 Å². The lowest BCUT2D eigenvalue weighted by Gasteiger charge is -2.19. The van der Waals surface area contributed by atoms with Crippen LogP contribution in [0, 0.1) is 0 Å². The molecule has 0 radical (unpaired) electrons. The molecule has 1 amide bonds. The lowest BCUT2D eigenvalue weighted by atomic mass is 10.3. The van der Waals surface area contributed by atoms with Crippen LogP contribution >= 0.6 is 22.9 Å². The van der Waals surface area contributed by atoms with Crippen LogP contribution in [0.15, 0.2) is 48.5 Å². The van der Waals surface area contributed by atoms with Crippen molar-refractivity contribution in [1.29, 1.82) is 0 Å². The van der Waals surface area contributed by atoms with E-state index in [-0.39, 0.29) is 11.9 Å². The quantitative estimate of drug-likeness (QED) is 0.734. The third kappa shape index (κ3) is 3.93. The van der Waals surface area contributed by atoms with Crippen LogP contribution < -0.4 is 10.2 Å². The van der Waals surface area contributed by atoms with Crippen molar-refractivity contribution in [2.45, 2.75) is 13.0 Å². The van der Waals surface area contributed by atoms with Crippen molar-refractivity contribution in [3.8, 4) is 0 Å². The van der Waals surface area contributed by atoms with Gasteiger partial charge in [-0.05, 0) is 43.3 Å². The molecule has 2 N–H and O–H groups in total. The molecule has 2 aromatic carbocycles. The van der Waals surface area contributed by atoms with Crippen molar-refractivity contribution >= 4 is 44.7 Å². The van der Waals surface area contributed by atoms with Gasteiger partial charge in [0.05, 0.1) is 17.3 Å². The Morgan fingerprint density at radius 2 is 1.96 bits per heavy atom. The molecule has 0 aliphatic heterocycles. The van der Waals surface area contributed by atoms with Gasteiger partial charge in [-0.2, -0.15) is 0 Å². The average molecular weight is 361 g/mol. The molecule has 0 fully saturated rings. The molecule has 6 heteroatoms. The second-order valence-electron chi connectivity index (χ2n) is 5.82. The van der Waals surface area contributed by atoms with Crippen molar-refractivity contribution in [3.63, 3.8) is 0 Å². The van der Waals surface area contributed by atoms with E-state index in [4.69, 9.17) is 11.6 Å². The highest BCUT2D eigenvalue weighted by atomic mass is 35.5. The van der Waals surface area contributed by atoms with E-state index in [9.17, 15) is 4.79 Å². The SMILES string of the molecule is C[C@H](c1nc2ccccc2s1)[NH+](C)CC(=O)Nc1ccc(Cl)cc1. The van der Waals surface area contributed by atoms with Gasteiger partial charge in [-0.3, -0.25) is 4.79 Å². The molecule has 4 nitrogen and oxygen atoms in total. The minimum absolute atomic E-state index is 0.0252. The number of para-hydroxylation sites is 1. The van der Waals surface area contributed by atoms with Crippen molar-refractivity contribution in [2.75, 3.05) is 18.9 Å². The Labute approximate surface area is 150 Å². The molecule has 3 rings (SSSR count). The summed E-state index contributed by atoms with van der Waals surface area (Å²) in [4.78, 5) is 18.0. The topological polar surface area (TPSA) is 46.4 Å². The molecule has 0 aliphatic rings. The van der Waals surface area contributed by atoms with Gasteiger partial charge in [-0.1, -0.05) is 23.7 Å². The summed E-state index contributed by atoms with van der Waals surface area (Å²) in [5.41, 5.74) is 1.77. The smallest absolute Gasteiger partial charge is 0.279 e. The number of fused-ring (bicyclic) bond motifs is 1. The zero-order valence-electron chi connectivity index (χ0n) is 13.5. The largest absolute Gasteiger partial charge is 0.322 e. The molecule has 24 heavy (non-hydrogen) atoms. The first kappa shape index (κ1) is 16.9. The van der Waals surface area contributed by atoms with E-state index in [1.807, 2.05) is 25.2 Å². The lowest BCUT2D eigenvalue weighted by Crippen LogP contribution is -3.10. The number of nitrogens with zero attached hydrogens (tertiary/aromatic N) is 1. The fourth-order valence-corrected chi connectivity index (χ4v) is 3.67. The number of rotatable bonds is 5. The molecule has 0 spiro atoms. The van der Waals surface area contributed by atoms with E-state index in [0.29, 0.717) is 11.6 Å². The second kappa shape index (κ2) is 7.30. The molecular formula is C18H19ClN3OS+. The summed E-state index contributed by atoms with van der Waals surface area (Å²) in [6, 6.07) is 15.4. The molecular weight excluding hydrogens is 342 g/mol. The van der Waals surface area contributed by atoms with Gasteiger partial charge in [0.1, 0.15) is 6.04 Å². The highest BCUT2D eigenvalue weighted by Gasteiger charge is 2.22. The van der Waals surface area contributed by atoms with E-state index < -0.39 is 0 Å². The van der Waals surface area contributed by atoms with E-state index in [2.05, 4.69) is 23.3 Å². The van der Waals surface area contributed by atoms with Crippen molar-refractivity contribution in [1.82, 2.24) is 4.98 Å². The van der Waals surface area contributed by atoms with Crippen LogP contribution in [0.3, 0.4) is 0 Å². The Morgan fingerprint density at radius 3 is 2.67 bits per heavy atom. The Morgan fingerprint density at radius 1 is 1.25 bits per heavy atom. The van der Waals surface area contributed by atoms with Crippen LogP contribution in [0.2, 0.25) is 5.02 Å². The summed E-state index contributed by atoms with van der Waals surface area (Å²) >= 11 is 7.54. The number of thiazole rings is 1. The number of anilines is 1. The van der Waals surface area contributed by atoms with Gasteiger partial charge in [0.25, 0.3) is 5.91 Å². The van der Waals surface area contributed by atoms with Crippen LogP contribution in [-0.2, 0) is 4.79 Å². The third-order valence-electron chi connectivity index (χ3n) is 3.99. The number of nitrogens with one attached hydrogen (secondary N) is 2. The predicted octanol–water partition coefficient (Wildman–Crippen LogP) is 3.16. The summed E-state index contributed by atoms with van der Waals surface area (Å²) in [6.07, 6.45) is 0. The first-order valence-electron chi connectivity index (χ1n) is 7.76. The molecule has 0 saturated carbocycles. The minimum atomic E-state index is -0.0252. The van der Waals surface area contributed by atoms with Gasteiger partial charge in [-0.15, -0.1) is 11.3 Å². The van der Waals surface area contributed by atoms with E-state index in [1.54, 1.807) is 35.6 Å². The Bertz CT molecular complexity index is 814. The van der Waals surface area contributed by atoms with Crippen molar-refractivity contribution in [3.05, 3.63) is 58.6 Å². The first-order chi connectivity index (χ1) is 11.5. The number of quaternary nitrogens is 1. The molecule has 2 atom stereocenters. The van der Waals surface area contributed by atoms with E-state index >= 15 is 0 Å². The van der Waals surface area contributed by atoms with Gasteiger partial charge in [0, 0.05) is 10.7 Å². The fourth-order valence-electron chi connectivity index (χ4n) is 2.43. The monoisotopic (exact) mass is 360 g/mol. The van der Waals surface area contributed by atoms with Gasteiger partial charge in [-0.25, -0.2) is 4.98 Å². The highest BCUT2D eigenvalue weighted by molar-refractivity contribution is 7.18. The maximum atomic E-state index is 12.2. The van der Waals surface area contributed by atoms with Crippen molar-refractivity contribution in [2.24, 2.45) is 0 Å². The van der Waals surface area contributed by atoms with E-state index in [0.717, 1.165) is 21.1 Å². The highest BCUT2D eigenvalue weighted by Crippen LogP contribution is 2.24. The summed E-state index contributed by atoms with van der Waals surface area (Å²) in [6.45, 7) is 2.47. The van der Waals surface area contributed by atoms with Crippen molar-refractivity contribution < 1.29 is 9.69 Å². The summed E-state index contributed by atoms with van der Waals surface area (Å²) in [7, 11) is 2.01. The summed E-state index contributed by atoms with van der Waals surface area (Å²) < 4.78 is 1.18. The van der Waals surface area contributed by atoms with Crippen LogP contribution in [-0.4, -0.2) is 24.5 Å². The minimum Gasteiger partial charge on any atom is -0.322 e. The van der Waals surface area contributed by atoms with Gasteiger partial charge in [0.2, 0.25) is 0 Å². The number of halogens is 1. The molecule has 0 bridgehead atoms. The number of aromatic nitrogens is 1. The van der Waals surface area contributed by atoms with Gasteiger partial charge >= 0.3 is 0 Å². The van der Waals surface area contributed by atoms with Crippen LogP contribution in [0.1, 0.15) is 18.0 Å². The molecule has 124 valence electrons. The number of carbonyl (C=O) groups excluding carboxylic acids is 1. The zero-order chi connectivity index (χ0) is 17.1. The molecule has 0 aliphatic carbocycles. The summed E-state index contributed by atoms with van der Waals surface area (Å²) in [5, 5.41) is 4.60. The van der Waals surface area contributed by atoms with Crippen LogP contribution in [0.25, 0.3) is 10.2 Å². The maximum Gasteiger partial charge on any atom is 0.279 e. The molecule has 1 heterocycles. The Kier molecular flexibility index (Phi) is 5.14. The zero-order valence-corrected chi connectivity index (χ0v) is 15.1. The van der Waals surface area contributed by atoms with Crippen LogP contribution in [0.5, 0.6) is 0 Å². The number of carbonyl (C=O) groups is 1. The maximum absolute atomic E-state index is 12.2. The second-order valence-corrected chi connectivity index (χ2v) is 7.32. The molecule has 3 aromatic rings. The van der Waals surface area contributed by atoms with Crippen LogP contribution in [0.4, 0.5) is 5.69 Å². The molecule has 1 unspecified atom stereocenters. The number of benzene rings is 2. The third-order valence-corrected chi connectivity index (χ3v) is 5.46.